The molecule has 0 spiro atoms. The van der Waals surface area contributed by atoms with E-state index in [1.54, 1.807) is 24.3 Å². The lowest BCUT2D eigenvalue weighted by atomic mass is 10.1. The van der Waals surface area contributed by atoms with Crippen molar-refractivity contribution < 1.29 is 9.00 Å². The van der Waals surface area contributed by atoms with Gasteiger partial charge < -0.3 is 4.72 Å². The van der Waals surface area contributed by atoms with Gasteiger partial charge in [0.15, 0.2) is 5.78 Å². The van der Waals surface area contributed by atoms with E-state index in [0.29, 0.717) is 5.56 Å². The molecule has 1 N–H and O–H groups in total. The smallest absolute Gasteiger partial charge is 0.159 e. The van der Waals surface area contributed by atoms with E-state index in [1.165, 1.54) is 6.92 Å². The maximum Gasteiger partial charge on any atom is 0.159 e. The van der Waals surface area contributed by atoms with Crippen molar-refractivity contribution in [2.24, 2.45) is 0 Å². The minimum atomic E-state index is -1.14. The van der Waals surface area contributed by atoms with Gasteiger partial charge in [0.05, 0.1) is 4.75 Å². The van der Waals surface area contributed by atoms with Gasteiger partial charge in [-0.25, -0.2) is 4.21 Å². The third-order valence-electron chi connectivity index (χ3n) is 2.06. The van der Waals surface area contributed by atoms with E-state index >= 15 is 0 Å². The average molecular weight is 239 g/mol. The van der Waals surface area contributed by atoms with Gasteiger partial charge in [0.25, 0.3) is 0 Å². The van der Waals surface area contributed by atoms with Gasteiger partial charge in [-0.15, -0.1) is 0 Å². The van der Waals surface area contributed by atoms with Crippen molar-refractivity contribution in [3.05, 3.63) is 29.8 Å². The number of rotatable bonds is 3. The van der Waals surface area contributed by atoms with Crippen LogP contribution in [0.5, 0.6) is 0 Å². The number of ketones is 1. The van der Waals surface area contributed by atoms with Crippen LogP contribution in [0.15, 0.2) is 24.3 Å². The van der Waals surface area contributed by atoms with Crippen LogP contribution in [-0.4, -0.2) is 14.7 Å². The molecule has 0 amide bonds. The van der Waals surface area contributed by atoms with Crippen LogP contribution in [0.4, 0.5) is 5.69 Å². The third-order valence-corrected chi connectivity index (χ3v) is 3.59. The summed E-state index contributed by atoms with van der Waals surface area (Å²) in [7, 11) is -1.14. The number of benzene rings is 1. The lowest BCUT2D eigenvalue weighted by Crippen LogP contribution is -2.27. The molecule has 0 radical (unpaired) electrons. The molecule has 0 bridgehead atoms. The van der Waals surface area contributed by atoms with Crippen molar-refractivity contribution in [2.45, 2.75) is 32.4 Å². The normalized spacial score (nSPS) is 13.2. The number of Topliss-reactive ketones (excluding diaryl/α,β-unsaturated/α-hetero) is 1. The number of nitrogens with one attached hydrogen (secondary N) is 1. The van der Waals surface area contributed by atoms with Crippen molar-refractivity contribution in [1.82, 2.24) is 0 Å². The number of anilines is 1. The molecule has 0 aliphatic rings. The Morgan fingerprint density at radius 2 is 1.69 bits per heavy atom. The van der Waals surface area contributed by atoms with Gasteiger partial charge in [-0.05, 0) is 52.0 Å². The molecule has 4 heteroatoms. The molecular formula is C12H17NO2S. The summed E-state index contributed by atoms with van der Waals surface area (Å²) in [6.45, 7) is 7.23. The van der Waals surface area contributed by atoms with E-state index in [9.17, 15) is 9.00 Å². The van der Waals surface area contributed by atoms with Crippen molar-refractivity contribution >= 4 is 22.5 Å². The van der Waals surface area contributed by atoms with Gasteiger partial charge >= 0.3 is 0 Å². The SMILES string of the molecule is CC(=O)c1ccc(N[S@@](=O)C(C)(C)C)cc1. The van der Waals surface area contributed by atoms with Crippen LogP contribution in [0.25, 0.3) is 0 Å². The summed E-state index contributed by atoms with van der Waals surface area (Å²) in [5.41, 5.74) is 1.42. The Morgan fingerprint density at radius 3 is 2.06 bits per heavy atom. The van der Waals surface area contributed by atoms with Gasteiger partial charge in [0.2, 0.25) is 0 Å². The van der Waals surface area contributed by atoms with Gasteiger partial charge in [-0.2, -0.15) is 0 Å². The molecule has 1 rings (SSSR count). The quantitative estimate of drug-likeness (QED) is 0.824. The maximum absolute atomic E-state index is 11.8. The number of carbonyl (C=O) groups is 1. The molecule has 0 saturated heterocycles. The van der Waals surface area contributed by atoms with E-state index < -0.39 is 11.0 Å². The molecule has 1 atom stereocenters. The summed E-state index contributed by atoms with van der Waals surface area (Å²) in [6, 6.07) is 6.98. The molecule has 0 aliphatic heterocycles. The first-order chi connectivity index (χ1) is 7.30. The summed E-state index contributed by atoms with van der Waals surface area (Å²) in [5, 5.41) is 0. The van der Waals surface area contributed by atoms with Crippen molar-refractivity contribution in [3.63, 3.8) is 0 Å². The molecule has 0 aromatic heterocycles. The second-order valence-electron chi connectivity index (χ2n) is 4.62. The van der Waals surface area contributed by atoms with Crippen molar-refractivity contribution in [3.8, 4) is 0 Å². The third kappa shape index (κ3) is 3.45. The Hall–Kier alpha value is -1.16. The largest absolute Gasteiger partial charge is 0.305 e. The fraction of sp³-hybridized carbons (Fsp3) is 0.417. The Balaban J connectivity index is 2.77. The van der Waals surface area contributed by atoms with Crippen molar-refractivity contribution in [2.75, 3.05) is 4.72 Å². The molecule has 0 unspecified atom stereocenters. The van der Waals surface area contributed by atoms with Crippen LogP contribution in [-0.2, 0) is 11.0 Å². The van der Waals surface area contributed by atoms with Crippen LogP contribution in [0.1, 0.15) is 38.1 Å². The predicted octanol–water partition coefficient (Wildman–Crippen LogP) is 2.76. The molecule has 16 heavy (non-hydrogen) atoms. The average Bonchev–Trinajstić information content (AvgIpc) is 2.17. The minimum Gasteiger partial charge on any atom is -0.305 e. The van der Waals surface area contributed by atoms with Crippen LogP contribution >= 0.6 is 0 Å². The Labute approximate surface area is 98.8 Å². The Bertz CT molecular complexity index is 404. The Morgan fingerprint density at radius 1 is 1.19 bits per heavy atom. The highest BCUT2D eigenvalue weighted by molar-refractivity contribution is 7.87. The van der Waals surface area contributed by atoms with Crippen LogP contribution in [0, 0.1) is 0 Å². The topological polar surface area (TPSA) is 46.2 Å². The number of carbonyl (C=O) groups excluding carboxylic acids is 1. The predicted molar refractivity (Wildman–Crippen MR) is 68.0 cm³/mol. The zero-order valence-corrected chi connectivity index (χ0v) is 10.9. The van der Waals surface area contributed by atoms with Crippen LogP contribution in [0.2, 0.25) is 0 Å². The number of hydrogen-bond donors (Lipinski definition) is 1. The molecule has 88 valence electrons. The highest BCUT2D eigenvalue weighted by atomic mass is 32.2. The van der Waals surface area contributed by atoms with E-state index in [4.69, 9.17) is 0 Å². The highest BCUT2D eigenvalue weighted by Crippen LogP contribution is 2.16. The van der Waals surface area contributed by atoms with E-state index in [1.807, 2.05) is 20.8 Å². The van der Waals surface area contributed by atoms with Gasteiger partial charge in [-0.3, -0.25) is 4.79 Å². The first-order valence-electron chi connectivity index (χ1n) is 5.10. The fourth-order valence-electron chi connectivity index (χ4n) is 1.03. The minimum absolute atomic E-state index is 0.0310. The lowest BCUT2D eigenvalue weighted by Gasteiger charge is -2.18. The summed E-state index contributed by atoms with van der Waals surface area (Å²) in [5.74, 6) is 0.0310. The van der Waals surface area contributed by atoms with Crippen molar-refractivity contribution in [1.29, 1.82) is 0 Å². The van der Waals surface area contributed by atoms with Gasteiger partial charge in [0.1, 0.15) is 11.0 Å². The number of hydrogen-bond acceptors (Lipinski definition) is 2. The fourth-order valence-corrected chi connectivity index (χ4v) is 1.69. The zero-order valence-electron chi connectivity index (χ0n) is 10.0. The molecule has 0 heterocycles. The molecular weight excluding hydrogens is 222 g/mol. The standard InChI is InChI=1S/C12H17NO2S/c1-9(14)10-5-7-11(8-6-10)13-16(15)12(2,3)4/h5-8,13H,1-4H3/t16-/m0/s1. The first-order valence-corrected chi connectivity index (χ1v) is 6.25. The van der Waals surface area contributed by atoms with Gasteiger partial charge in [-0.1, -0.05) is 0 Å². The summed E-state index contributed by atoms with van der Waals surface area (Å²) in [4.78, 5) is 11.1. The lowest BCUT2D eigenvalue weighted by molar-refractivity contribution is 0.101. The van der Waals surface area contributed by atoms with Crippen LogP contribution in [0.3, 0.4) is 0 Å². The molecule has 1 aromatic rings. The summed E-state index contributed by atoms with van der Waals surface area (Å²) in [6.07, 6.45) is 0. The first kappa shape index (κ1) is 12.9. The molecule has 0 aliphatic carbocycles. The van der Waals surface area contributed by atoms with E-state index in [2.05, 4.69) is 4.72 Å². The van der Waals surface area contributed by atoms with Gasteiger partial charge in [0, 0.05) is 11.3 Å². The Kier molecular flexibility index (Phi) is 3.86. The molecule has 0 fully saturated rings. The maximum atomic E-state index is 11.8. The second-order valence-corrected chi connectivity index (χ2v) is 6.58. The zero-order chi connectivity index (χ0) is 12.3. The second kappa shape index (κ2) is 4.78. The monoisotopic (exact) mass is 239 g/mol. The molecule has 3 nitrogen and oxygen atoms in total. The molecule has 0 saturated carbocycles. The highest BCUT2D eigenvalue weighted by Gasteiger charge is 2.19. The summed E-state index contributed by atoms with van der Waals surface area (Å²) < 4.78 is 14.4. The van der Waals surface area contributed by atoms with E-state index in [-0.39, 0.29) is 10.5 Å². The van der Waals surface area contributed by atoms with Crippen LogP contribution < -0.4 is 4.72 Å². The summed E-state index contributed by atoms with van der Waals surface area (Å²) >= 11 is 0. The van der Waals surface area contributed by atoms with E-state index in [0.717, 1.165) is 5.69 Å². The molecule has 1 aromatic carbocycles.